The van der Waals surface area contributed by atoms with Gasteiger partial charge in [0.1, 0.15) is 15.5 Å². The van der Waals surface area contributed by atoms with E-state index in [0.717, 1.165) is 39.7 Å². The van der Waals surface area contributed by atoms with Gasteiger partial charge in [0.25, 0.3) is 5.91 Å². The van der Waals surface area contributed by atoms with E-state index >= 15 is 0 Å². The summed E-state index contributed by atoms with van der Waals surface area (Å²) < 4.78 is 33.1. The average Bonchev–Trinajstić information content (AvgIpc) is 3.32. The summed E-state index contributed by atoms with van der Waals surface area (Å²) in [4.78, 5) is 13.3. The largest absolute Gasteiger partial charge is 0.496 e. The second-order valence-electron chi connectivity index (χ2n) is 7.27. The van der Waals surface area contributed by atoms with Gasteiger partial charge in [0.15, 0.2) is 0 Å². The van der Waals surface area contributed by atoms with Crippen LogP contribution in [-0.4, -0.2) is 50.3 Å². The average molecular weight is 489 g/mol. The third kappa shape index (κ3) is 5.01. The first-order chi connectivity index (χ1) is 15.5. The zero-order chi connectivity index (χ0) is 22.6. The number of sulfonamides is 1. The highest BCUT2D eigenvalue weighted by Crippen LogP contribution is 2.29. The van der Waals surface area contributed by atoms with Gasteiger partial charge >= 0.3 is 0 Å². The molecule has 1 amide bonds. The van der Waals surface area contributed by atoms with E-state index in [2.05, 4.69) is 5.32 Å². The van der Waals surface area contributed by atoms with Crippen LogP contribution in [0.5, 0.6) is 5.75 Å². The van der Waals surface area contributed by atoms with Gasteiger partial charge in [0.2, 0.25) is 10.0 Å². The Morgan fingerprint density at radius 2 is 1.84 bits per heavy atom. The summed E-state index contributed by atoms with van der Waals surface area (Å²) in [5.74, 6) is 1.83. The van der Waals surface area contributed by atoms with Crippen molar-refractivity contribution in [3.05, 3.63) is 76.0 Å². The number of hydrogen-bond donors (Lipinski definition) is 1. The molecule has 1 saturated heterocycles. The molecule has 1 fully saturated rings. The molecule has 1 aromatic heterocycles. The Labute approximate surface area is 196 Å². The van der Waals surface area contributed by atoms with Crippen LogP contribution in [-0.2, 0) is 16.4 Å². The standard InChI is InChI=1S/C23H24N2O4S3/c1-29-20-8-7-19(16-18(20)15-17-5-3-2-4-6-17)24-23(26)22-21(9-12-31-22)32(27,28)25-10-13-30-14-11-25/h2-9,12,16H,10-11,13-15H2,1H3,(H,24,26). The van der Waals surface area contributed by atoms with Crippen molar-refractivity contribution in [3.8, 4) is 5.75 Å². The Balaban J connectivity index is 1.56. The Morgan fingerprint density at radius 1 is 1.09 bits per heavy atom. The first-order valence-corrected chi connectivity index (χ1v) is 13.6. The summed E-state index contributed by atoms with van der Waals surface area (Å²) in [5.41, 5.74) is 2.65. The lowest BCUT2D eigenvalue weighted by atomic mass is 10.0. The number of thiophene rings is 1. The molecule has 168 valence electrons. The third-order valence-electron chi connectivity index (χ3n) is 5.20. The number of nitrogens with one attached hydrogen (secondary N) is 1. The molecule has 0 saturated carbocycles. The monoisotopic (exact) mass is 488 g/mol. The predicted molar refractivity (Wildman–Crippen MR) is 131 cm³/mol. The Morgan fingerprint density at radius 3 is 2.56 bits per heavy atom. The van der Waals surface area contributed by atoms with Crippen molar-refractivity contribution >= 4 is 44.7 Å². The van der Waals surface area contributed by atoms with Gasteiger partial charge in [-0.3, -0.25) is 4.79 Å². The maximum atomic E-state index is 13.1. The summed E-state index contributed by atoms with van der Waals surface area (Å²) in [6.07, 6.45) is 0.652. The minimum absolute atomic E-state index is 0.0740. The van der Waals surface area contributed by atoms with E-state index < -0.39 is 15.9 Å². The number of hydrogen-bond acceptors (Lipinski definition) is 6. The molecular weight excluding hydrogens is 464 g/mol. The molecule has 0 aliphatic carbocycles. The van der Waals surface area contributed by atoms with Gasteiger partial charge in [0, 0.05) is 42.3 Å². The van der Waals surface area contributed by atoms with Crippen molar-refractivity contribution in [1.82, 2.24) is 4.31 Å². The molecule has 0 radical (unpaired) electrons. The molecule has 4 rings (SSSR count). The number of thioether (sulfide) groups is 1. The molecule has 3 aromatic rings. The minimum Gasteiger partial charge on any atom is -0.496 e. The Bertz CT molecular complexity index is 1190. The van der Waals surface area contributed by atoms with Gasteiger partial charge in [-0.05, 0) is 35.2 Å². The molecule has 32 heavy (non-hydrogen) atoms. The summed E-state index contributed by atoms with van der Waals surface area (Å²) in [5, 5.41) is 4.51. The number of carbonyl (C=O) groups is 1. The molecule has 2 heterocycles. The van der Waals surface area contributed by atoms with E-state index in [1.165, 1.54) is 10.4 Å². The van der Waals surface area contributed by atoms with Crippen LogP contribution in [0.25, 0.3) is 0 Å². The van der Waals surface area contributed by atoms with Crippen molar-refractivity contribution in [1.29, 1.82) is 0 Å². The molecule has 0 spiro atoms. The van der Waals surface area contributed by atoms with E-state index in [1.54, 1.807) is 30.3 Å². The van der Waals surface area contributed by atoms with Crippen LogP contribution in [0.1, 0.15) is 20.8 Å². The molecule has 1 aliphatic rings. The molecule has 0 unspecified atom stereocenters. The van der Waals surface area contributed by atoms with E-state index in [-0.39, 0.29) is 9.77 Å². The van der Waals surface area contributed by atoms with Crippen LogP contribution >= 0.6 is 23.1 Å². The van der Waals surface area contributed by atoms with Gasteiger partial charge in [-0.25, -0.2) is 8.42 Å². The minimum atomic E-state index is -3.70. The molecular formula is C23H24N2O4S3. The Kier molecular flexibility index (Phi) is 7.20. The molecule has 2 aromatic carbocycles. The normalized spacial score (nSPS) is 14.8. The van der Waals surface area contributed by atoms with Crippen molar-refractivity contribution in [2.24, 2.45) is 0 Å². The second kappa shape index (κ2) is 10.1. The van der Waals surface area contributed by atoms with Crippen LogP contribution in [0.3, 0.4) is 0 Å². The fourth-order valence-corrected chi connectivity index (χ4v) is 7.46. The summed E-state index contributed by atoms with van der Waals surface area (Å²) in [7, 11) is -2.08. The lowest BCUT2D eigenvalue weighted by molar-refractivity contribution is 0.102. The molecule has 1 aliphatic heterocycles. The van der Waals surface area contributed by atoms with E-state index in [9.17, 15) is 13.2 Å². The summed E-state index contributed by atoms with van der Waals surface area (Å²) in [6.45, 7) is 0.927. The van der Waals surface area contributed by atoms with E-state index in [0.29, 0.717) is 25.2 Å². The highest BCUT2D eigenvalue weighted by molar-refractivity contribution is 7.99. The highest BCUT2D eigenvalue weighted by atomic mass is 32.2. The maximum Gasteiger partial charge on any atom is 0.267 e. The van der Waals surface area contributed by atoms with Crippen LogP contribution in [0.4, 0.5) is 5.69 Å². The predicted octanol–water partition coefficient (Wildman–Crippen LogP) is 4.34. The number of methoxy groups -OCH3 is 1. The molecule has 6 nitrogen and oxygen atoms in total. The molecule has 0 bridgehead atoms. The zero-order valence-electron chi connectivity index (χ0n) is 17.6. The van der Waals surface area contributed by atoms with Gasteiger partial charge < -0.3 is 10.1 Å². The fourth-order valence-electron chi connectivity index (χ4n) is 3.59. The quantitative estimate of drug-likeness (QED) is 0.536. The third-order valence-corrected chi connectivity index (χ3v) is 9.12. The number of amides is 1. The summed E-state index contributed by atoms with van der Waals surface area (Å²) >= 11 is 2.87. The van der Waals surface area contributed by atoms with Crippen molar-refractivity contribution in [3.63, 3.8) is 0 Å². The Hall–Kier alpha value is -2.33. The van der Waals surface area contributed by atoms with Gasteiger partial charge in [0.05, 0.1) is 7.11 Å². The number of benzene rings is 2. The van der Waals surface area contributed by atoms with Gasteiger partial charge in [-0.2, -0.15) is 16.1 Å². The number of anilines is 1. The summed E-state index contributed by atoms with van der Waals surface area (Å²) in [6, 6.07) is 16.9. The lowest BCUT2D eigenvalue weighted by Gasteiger charge is -2.25. The van der Waals surface area contributed by atoms with Crippen LogP contribution in [0.15, 0.2) is 64.9 Å². The molecule has 9 heteroatoms. The first kappa shape index (κ1) is 22.8. The van der Waals surface area contributed by atoms with Gasteiger partial charge in [-0.1, -0.05) is 30.3 Å². The molecule has 0 atom stereocenters. The fraction of sp³-hybridized carbons (Fsp3) is 0.261. The molecule has 1 N–H and O–H groups in total. The zero-order valence-corrected chi connectivity index (χ0v) is 20.1. The van der Waals surface area contributed by atoms with Crippen LogP contribution in [0, 0.1) is 0 Å². The number of carbonyl (C=O) groups excluding carboxylic acids is 1. The first-order valence-electron chi connectivity index (χ1n) is 10.2. The number of ether oxygens (including phenoxy) is 1. The lowest BCUT2D eigenvalue weighted by Crippen LogP contribution is -2.38. The maximum absolute atomic E-state index is 13.1. The van der Waals surface area contributed by atoms with E-state index in [4.69, 9.17) is 4.74 Å². The smallest absolute Gasteiger partial charge is 0.267 e. The van der Waals surface area contributed by atoms with Crippen LogP contribution < -0.4 is 10.1 Å². The van der Waals surface area contributed by atoms with E-state index in [1.807, 2.05) is 42.5 Å². The van der Waals surface area contributed by atoms with Crippen LogP contribution in [0.2, 0.25) is 0 Å². The number of nitrogens with zero attached hydrogens (tertiary/aromatic N) is 1. The van der Waals surface area contributed by atoms with Crippen molar-refractivity contribution < 1.29 is 17.9 Å². The highest BCUT2D eigenvalue weighted by Gasteiger charge is 2.31. The van der Waals surface area contributed by atoms with Gasteiger partial charge in [-0.15, -0.1) is 11.3 Å². The SMILES string of the molecule is COc1ccc(NC(=O)c2sccc2S(=O)(=O)N2CCSCC2)cc1Cc1ccccc1. The topological polar surface area (TPSA) is 75.7 Å². The second-order valence-corrected chi connectivity index (χ2v) is 11.3. The number of rotatable bonds is 7. The van der Waals surface area contributed by atoms with Crippen molar-refractivity contribution in [2.45, 2.75) is 11.3 Å². The van der Waals surface area contributed by atoms with Crippen molar-refractivity contribution in [2.75, 3.05) is 37.0 Å².